The van der Waals surface area contributed by atoms with Crippen molar-refractivity contribution in [3.05, 3.63) is 28.9 Å². The number of rotatable bonds is 1. The topological polar surface area (TPSA) is 36.0 Å². The highest BCUT2D eigenvalue weighted by Gasteiger charge is 2.12. The summed E-state index contributed by atoms with van der Waals surface area (Å²) in [7, 11) is 0. The number of phenols is 1. The summed E-state index contributed by atoms with van der Waals surface area (Å²) in [6.07, 6.45) is 1.90. The summed E-state index contributed by atoms with van der Waals surface area (Å²) in [5, 5.41) is 11.2. The number of halogens is 1. The molecule has 0 saturated heterocycles. The molecule has 2 nitrogen and oxygen atoms in total. The molecule has 0 unspecified atom stereocenters. The molecule has 14 heavy (non-hydrogen) atoms. The Kier molecular flexibility index (Phi) is 2.16. The van der Waals surface area contributed by atoms with Gasteiger partial charge in [0.05, 0.1) is 10.5 Å². The summed E-state index contributed by atoms with van der Waals surface area (Å²) in [5.74, 6) is 0.655. The van der Waals surface area contributed by atoms with Crippen molar-refractivity contribution in [2.45, 2.75) is 19.8 Å². The highest BCUT2D eigenvalue weighted by molar-refractivity contribution is 6.35. The molecule has 2 rings (SSSR count). The third kappa shape index (κ3) is 1.26. The number of aromatic amines is 1. The first-order chi connectivity index (χ1) is 6.61. The van der Waals surface area contributed by atoms with Crippen LogP contribution in [-0.2, 0) is 0 Å². The lowest BCUT2D eigenvalue weighted by molar-refractivity contribution is 0.481. The maximum atomic E-state index is 9.74. The lowest BCUT2D eigenvalue weighted by Gasteiger charge is -2.04. The molecular weight excluding hydrogens is 198 g/mol. The van der Waals surface area contributed by atoms with Gasteiger partial charge in [-0.15, -0.1) is 0 Å². The minimum Gasteiger partial charge on any atom is -0.507 e. The molecule has 0 amide bonds. The van der Waals surface area contributed by atoms with Gasteiger partial charge in [0, 0.05) is 11.6 Å². The Labute approximate surface area is 87.5 Å². The van der Waals surface area contributed by atoms with E-state index in [0.29, 0.717) is 10.9 Å². The molecule has 74 valence electrons. The van der Waals surface area contributed by atoms with Crippen LogP contribution in [0.3, 0.4) is 0 Å². The number of aromatic hydroxyl groups is 1. The van der Waals surface area contributed by atoms with Crippen LogP contribution in [-0.4, -0.2) is 10.1 Å². The second kappa shape index (κ2) is 3.21. The summed E-state index contributed by atoms with van der Waals surface area (Å²) in [6.45, 7) is 4.17. The first-order valence-electron chi connectivity index (χ1n) is 4.59. The maximum Gasteiger partial charge on any atom is 0.125 e. The zero-order chi connectivity index (χ0) is 10.3. The second-order valence-electron chi connectivity index (χ2n) is 3.72. The number of phenolic OH excluding ortho intramolecular Hbond substituents is 1. The number of nitrogens with one attached hydrogen (secondary N) is 1. The van der Waals surface area contributed by atoms with E-state index >= 15 is 0 Å². The van der Waals surface area contributed by atoms with Crippen molar-refractivity contribution in [2.75, 3.05) is 0 Å². The van der Waals surface area contributed by atoms with Crippen LogP contribution in [0, 0.1) is 0 Å². The smallest absolute Gasteiger partial charge is 0.125 e. The molecule has 0 fully saturated rings. The summed E-state index contributed by atoms with van der Waals surface area (Å²) in [5.41, 5.74) is 1.91. The molecule has 0 spiro atoms. The summed E-state index contributed by atoms with van der Waals surface area (Å²) in [4.78, 5) is 3.09. The summed E-state index contributed by atoms with van der Waals surface area (Å²) >= 11 is 6.00. The van der Waals surface area contributed by atoms with Crippen molar-refractivity contribution in [1.29, 1.82) is 0 Å². The Bertz CT molecular complexity index is 473. The third-order valence-corrected chi connectivity index (χ3v) is 2.73. The minimum absolute atomic E-state index is 0.286. The first kappa shape index (κ1) is 9.41. The van der Waals surface area contributed by atoms with Crippen LogP contribution in [0.5, 0.6) is 5.75 Å². The van der Waals surface area contributed by atoms with Gasteiger partial charge in [0.25, 0.3) is 0 Å². The largest absolute Gasteiger partial charge is 0.507 e. The summed E-state index contributed by atoms with van der Waals surface area (Å²) in [6, 6.07) is 3.32. The van der Waals surface area contributed by atoms with Gasteiger partial charge >= 0.3 is 0 Å². The monoisotopic (exact) mass is 209 g/mol. The van der Waals surface area contributed by atoms with Gasteiger partial charge in [0.1, 0.15) is 5.75 Å². The second-order valence-corrected chi connectivity index (χ2v) is 4.12. The van der Waals surface area contributed by atoms with E-state index in [2.05, 4.69) is 18.8 Å². The molecule has 0 bridgehead atoms. The van der Waals surface area contributed by atoms with Gasteiger partial charge in [-0.25, -0.2) is 0 Å². The number of fused-ring (bicyclic) bond motifs is 1. The fourth-order valence-corrected chi connectivity index (χ4v) is 1.89. The van der Waals surface area contributed by atoms with Gasteiger partial charge in [0.15, 0.2) is 0 Å². The minimum atomic E-state index is 0.286. The molecule has 2 N–H and O–H groups in total. The SMILES string of the molecule is CC(C)c1c[nH]c2c(Cl)ccc(O)c12. The fraction of sp³-hybridized carbons (Fsp3) is 0.273. The highest BCUT2D eigenvalue weighted by atomic mass is 35.5. The van der Waals surface area contributed by atoms with Gasteiger partial charge in [-0.2, -0.15) is 0 Å². The van der Waals surface area contributed by atoms with E-state index in [1.165, 1.54) is 0 Å². The first-order valence-corrected chi connectivity index (χ1v) is 4.97. The highest BCUT2D eigenvalue weighted by Crippen LogP contribution is 2.35. The van der Waals surface area contributed by atoms with Crippen LogP contribution in [0.15, 0.2) is 18.3 Å². The van der Waals surface area contributed by atoms with Gasteiger partial charge in [-0.1, -0.05) is 25.4 Å². The number of H-pyrrole nitrogens is 1. The number of hydrogen-bond acceptors (Lipinski definition) is 1. The Morgan fingerprint density at radius 2 is 2.07 bits per heavy atom. The van der Waals surface area contributed by atoms with Crippen molar-refractivity contribution in [1.82, 2.24) is 4.98 Å². The zero-order valence-corrected chi connectivity index (χ0v) is 8.89. The van der Waals surface area contributed by atoms with Crippen molar-refractivity contribution < 1.29 is 5.11 Å². The van der Waals surface area contributed by atoms with Gasteiger partial charge in [0.2, 0.25) is 0 Å². The normalized spacial score (nSPS) is 11.4. The Hall–Kier alpha value is -1.15. The van der Waals surface area contributed by atoms with Gasteiger partial charge in [-0.05, 0) is 23.6 Å². The quantitative estimate of drug-likeness (QED) is 0.739. The van der Waals surface area contributed by atoms with Crippen LogP contribution in [0.25, 0.3) is 10.9 Å². The van der Waals surface area contributed by atoms with Crippen LogP contribution in [0.2, 0.25) is 5.02 Å². The molecule has 0 aliphatic rings. The van der Waals surface area contributed by atoms with Crippen molar-refractivity contribution in [2.24, 2.45) is 0 Å². The van der Waals surface area contributed by atoms with E-state index in [1.807, 2.05) is 6.20 Å². The molecule has 2 aromatic rings. The Morgan fingerprint density at radius 1 is 1.36 bits per heavy atom. The lowest BCUT2D eigenvalue weighted by Crippen LogP contribution is -1.84. The Balaban J connectivity index is 2.84. The molecule has 1 aromatic carbocycles. The molecule has 0 aliphatic heterocycles. The number of hydrogen-bond donors (Lipinski definition) is 2. The molecule has 3 heteroatoms. The predicted octanol–water partition coefficient (Wildman–Crippen LogP) is 3.65. The summed E-state index contributed by atoms with van der Waals surface area (Å²) < 4.78 is 0. The van der Waals surface area contributed by atoms with E-state index in [1.54, 1.807) is 12.1 Å². The fourth-order valence-electron chi connectivity index (χ4n) is 1.68. The van der Waals surface area contributed by atoms with E-state index in [0.717, 1.165) is 16.5 Å². The van der Waals surface area contributed by atoms with Crippen LogP contribution in [0.4, 0.5) is 0 Å². The third-order valence-electron chi connectivity index (χ3n) is 2.42. The molecule has 1 heterocycles. The van der Waals surface area contributed by atoms with Crippen LogP contribution < -0.4 is 0 Å². The van der Waals surface area contributed by atoms with Crippen molar-refractivity contribution in [3.63, 3.8) is 0 Å². The van der Waals surface area contributed by atoms with Gasteiger partial charge < -0.3 is 10.1 Å². The van der Waals surface area contributed by atoms with Crippen molar-refractivity contribution >= 4 is 22.5 Å². The number of benzene rings is 1. The molecule has 0 saturated carbocycles. The molecular formula is C11H12ClNO. The molecule has 0 atom stereocenters. The predicted molar refractivity (Wildman–Crippen MR) is 59.1 cm³/mol. The van der Waals surface area contributed by atoms with E-state index < -0.39 is 0 Å². The van der Waals surface area contributed by atoms with Crippen LogP contribution in [0.1, 0.15) is 25.3 Å². The zero-order valence-electron chi connectivity index (χ0n) is 8.13. The van der Waals surface area contributed by atoms with Crippen LogP contribution >= 0.6 is 11.6 Å². The van der Waals surface area contributed by atoms with Gasteiger partial charge in [-0.3, -0.25) is 0 Å². The average molecular weight is 210 g/mol. The van der Waals surface area contributed by atoms with Crippen molar-refractivity contribution in [3.8, 4) is 5.75 Å². The molecule has 0 radical (unpaired) electrons. The maximum absolute atomic E-state index is 9.74. The number of aromatic nitrogens is 1. The standard InChI is InChI=1S/C11H12ClNO/c1-6(2)7-5-13-11-8(12)3-4-9(14)10(7)11/h3-6,13-14H,1-2H3. The molecule has 1 aromatic heterocycles. The Morgan fingerprint density at radius 3 is 2.71 bits per heavy atom. The molecule has 0 aliphatic carbocycles. The van der Waals surface area contributed by atoms with E-state index in [-0.39, 0.29) is 5.75 Å². The lowest BCUT2D eigenvalue weighted by atomic mass is 10.0. The average Bonchev–Trinajstić information content (AvgIpc) is 2.56. The van der Waals surface area contributed by atoms with E-state index in [9.17, 15) is 5.11 Å². The van der Waals surface area contributed by atoms with E-state index in [4.69, 9.17) is 11.6 Å².